The van der Waals surface area contributed by atoms with Crippen LogP contribution in [0.3, 0.4) is 0 Å². The first kappa shape index (κ1) is 14.4. The maximum Gasteiger partial charge on any atom is 0.231 e. The van der Waals surface area contributed by atoms with Crippen molar-refractivity contribution in [1.82, 2.24) is 5.32 Å². The minimum absolute atomic E-state index is 0. The third kappa shape index (κ3) is 2.77. The van der Waals surface area contributed by atoms with Gasteiger partial charge >= 0.3 is 0 Å². The fourth-order valence-electron chi connectivity index (χ4n) is 2.94. The van der Waals surface area contributed by atoms with Crippen molar-refractivity contribution < 1.29 is 4.79 Å². The number of aryl methyl sites for hydroxylation is 2. The molecule has 2 N–H and O–H groups in total. The van der Waals surface area contributed by atoms with Crippen molar-refractivity contribution in [2.24, 2.45) is 5.41 Å². The van der Waals surface area contributed by atoms with Crippen molar-refractivity contribution in [3.63, 3.8) is 0 Å². The van der Waals surface area contributed by atoms with Crippen molar-refractivity contribution in [3.8, 4) is 0 Å². The maximum atomic E-state index is 12.3. The first-order valence-corrected chi connectivity index (χ1v) is 6.81. The average Bonchev–Trinajstić information content (AvgIpc) is 2.98. The SMILES string of the molecule is CC1(C(=O)Nc2ccc3c(c2)CCC3)CCNC1.Cl. The second kappa shape index (κ2) is 5.51. The Bertz CT molecular complexity index is 481. The van der Waals surface area contributed by atoms with Crippen LogP contribution in [-0.4, -0.2) is 19.0 Å². The van der Waals surface area contributed by atoms with Gasteiger partial charge in [0.15, 0.2) is 0 Å². The van der Waals surface area contributed by atoms with Gasteiger partial charge in [0.1, 0.15) is 0 Å². The summed E-state index contributed by atoms with van der Waals surface area (Å²) in [5.74, 6) is 0.144. The molecule has 1 unspecified atom stereocenters. The smallest absolute Gasteiger partial charge is 0.231 e. The molecule has 1 atom stereocenters. The lowest BCUT2D eigenvalue weighted by Crippen LogP contribution is -2.35. The largest absolute Gasteiger partial charge is 0.326 e. The van der Waals surface area contributed by atoms with Crippen LogP contribution in [0.15, 0.2) is 18.2 Å². The Labute approximate surface area is 120 Å². The van der Waals surface area contributed by atoms with Gasteiger partial charge in [0, 0.05) is 12.2 Å². The molecule has 0 radical (unpaired) electrons. The van der Waals surface area contributed by atoms with Crippen LogP contribution in [-0.2, 0) is 17.6 Å². The van der Waals surface area contributed by atoms with Crippen LogP contribution in [0.25, 0.3) is 0 Å². The zero-order valence-corrected chi connectivity index (χ0v) is 12.1. The van der Waals surface area contributed by atoms with Crippen LogP contribution in [0.5, 0.6) is 0 Å². The molecule has 0 bridgehead atoms. The van der Waals surface area contributed by atoms with Gasteiger partial charge in [-0.05, 0) is 62.4 Å². The summed E-state index contributed by atoms with van der Waals surface area (Å²) >= 11 is 0. The van der Waals surface area contributed by atoms with Crippen LogP contribution in [0.4, 0.5) is 5.69 Å². The predicted octanol–water partition coefficient (Wildman–Crippen LogP) is 2.54. The molecule has 1 aliphatic carbocycles. The Hall–Kier alpha value is -1.06. The molecule has 4 heteroatoms. The van der Waals surface area contributed by atoms with Gasteiger partial charge in [0.25, 0.3) is 0 Å². The summed E-state index contributed by atoms with van der Waals surface area (Å²) in [5, 5.41) is 6.34. The second-order valence-corrected chi connectivity index (χ2v) is 5.78. The van der Waals surface area contributed by atoms with E-state index in [9.17, 15) is 4.79 Å². The monoisotopic (exact) mass is 280 g/mol. The average molecular weight is 281 g/mol. The van der Waals surface area contributed by atoms with Gasteiger partial charge in [-0.25, -0.2) is 0 Å². The molecule has 104 valence electrons. The van der Waals surface area contributed by atoms with Crippen molar-refractivity contribution in [1.29, 1.82) is 0 Å². The Morgan fingerprint density at radius 2 is 2.11 bits per heavy atom. The molecule has 0 aromatic heterocycles. The van der Waals surface area contributed by atoms with Crippen LogP contribution >= 0.6 is 12.4 Å². The van der Waals surface area contributed by atoms with Gasteiger partial charge in [-0.1, -0.05) is 6.07 Å². The van der Waals surface area contributed by atoms with Gasteiger partial charge in [0.05, 0.1) is 5.41 Å². The first-order valence-electron chi connectivity index (χ1n) is 6.81. The molecule has 1 aliphatic heterocycles. The molecule has 3 nitrogen and oxygen atoms in total. The second-order valence-electron chi connectivity index (χ2n) is 5.78. The normalized spacial score (nSPS) is 24.7. The van der Waals surface area contributed by atoms with Crippen molar-refractivity contribution >= 4 is 24.0 Å². The fraction of sp³-hybridized carbons (Fsp3) is 0.533. The Kier molecular flexibility index (Phi) is 4.16. The summed E-state index contributed by atoms with van der Waals surface area (Å²) in [4.78, 5) is 12.3. The van der Waals surface area contributed by atoms with E-state index in [1.807, 2.05) is 13.0 Å². The number of halogens is 1. The molecule has 0 saturated carbocycles. The van der Waals surface area contributed by atoms with Gasteiger partial charge in [-0.3, -0.25) is 4.79 Å². The summed E-state index contributed by atoms with van der Waals surface area (Å²) in [6.07, 6.45) is 4.50. The van der Waals surface area contributed by atoms with E-state index in [0.29, 0.717) is 0 Å². The van der Waals surface area contributed by atoms with E-state index in [1.165, 1.54) is 24.0 Å². The van der Waals surface area contributed by atoms with E-state index in [4.69, 9.17) is 0 Å². The summed E-state index contributed by atoms with van der Waals surface area (Å²) in [7, 11) is 0. The molecule has 0 spiro atoms. The molecular weight excluding hydrogens is 260 g/mol. The zero-order chi connectivity index (χ0) is 12.6. The van der Waals surface area contributed by atoms with Crippen LogP contribution in [0.1, 0.15) is 30.9 Å². The lowest BCUT2D eigenvalue weighted by atomic mass is 9.88. The Morgan fingerprint density at radius 1 is 1.32 bits per heavy atom. The number of hydrogen-bond donors (Lipinski definition) is 2. The van der Waals surface area contributed by atoms with Gasteiger partial charge in [0.2, 0.25) is 5.91 Å². The van der Waals surface area contributed by atoms with Gasteiger partial charge in [-0.15, -0.1) is 12.4 Å². The standard InChI is InChI=1S/C15H20N2O.ClH/c1-15(7-8-16-10-15)14(18)17-13-6-5-11-3-2-4-12(11)9-13;/h5-6,9,16H,2-4,7-8,10H2,1H3,(H,17,18);1H. The molecule has 1 fully saturated rings. The number of carbonyl (C=O) groups is 1. The van der Waals surface area contributed by atoms with E-state index in [0.717, 1.165) is 31.6 Å². The Morgan fingerprint density at radius 3 is 2.84 bits per heavy atom. The number of amides is 1. The van der Waals surface area contributed by atoms with Gasteiger partial charge in [-0.2, -0.15) is 0 Å². The number of benzene rings is 1. The predicted molar refractivity (Wildman–Crippen MR) is 79.9 cm³/mol. The molecule has 1 saturated heterocycles. The minimum atomic E-state index is -0.251. The third-order valence-electron chi connectivity index (χ3n) is 4.27. The highest BCUT2D eigenvalue weighted by atomic mass is 35.5. The van der Waals surface area contributed by atoms with E-state index >= 15 is 0 Å². The minimum Gasteiger partial charge on any atom is -0.326 e. The van der Waals surface area contributed by atoms with Gasteiger partial charge < -0.3 is 10.6 Å². The highest BCUT2D eigenvalue weighted by Gasteiger charge is 2.36. The number of rotatable bonds is 2. The third-order valence-corrected chi connectivity index (χ3v) is 4.27. The van der Waals surface area contributed by atoms with Crippen molar-refractivity contribution in [3.05, 3.63) is 29.3 Å². The van der Waals surface area contributed by atoms with E-state index in [1.54, 1.807) is 0 Å². The summed E-state index contributed by atoms with van der Waals surface area (Å²) in [5.41, 5.74) is 3.55. The number of nitrogens with one attached hydrogen (secondary N) is 2. The number of anilines is 1. The Balaban J connectivity index is 0.00000133. The molecule has 1 aromatic rings. The molecule has 2 aliphatic rings. The number of carbonyl (C=O) groups excluding carboxylic acids is 1. The summed E-state index contributed by atoms with van der Waals surface area (Å²) < 4.78 is 0. The molecule has 1 aromatic carbocycles. The number of fused-ring (bicyclic) bond motifs is 1. The van der Waals surface area contributed by atoms with Crippen LogP contribution < -0.4 is 10.6 Å². The van der Waals surface area contributed by atoms with E-state index in [-0.39, 0.29) is 23.7 Å². The quantitative estimate of drug-likeness (QED) is 0.874. The maximum absolute atomic E-state index is 12.3. The highest BCUT2D eigenvalue weighted by molar-refractivity contribution is 5.95. The number of hydrogen-bond acceptors (Lipinski definition) is 2. The lowest BCUT2D eigenvalue weighted by Gasteiger charge is -2.21. The summed E-state index contributed by atoms with van der Waals surface area (Å²) in [6, 6.07) is 6.34. The molecule has 3 rings (SSSR count). The molecule has 1 amide bonds. The molecular formula is C15H21ClN2O. The highest BCUT2D eigenvalue weighted by Crippen LogP contribution is 2.28. The van der Waals surface area contributed by atoms with Crippen LogP contribution in [0, 0.1) is 5.41 Å². The zero-order valence-electron chi connectivity index (χ0n) is 11.3. The summed E-state index contributed by atoms with van der Waals surface area (Å²) in [6.45, 7) is 3.76. The molecule has 19 heavy (non-hydrogen) atoms. The van der Waals surface area contributed by atoms with Crippen LogP contribution in [0.2, 0.25) is 0 Å². The van der Waals surface area contributed by atoms with Crippen molar-refractivity contribution in [2.45, 2.75) is 32.6 Å². The van der Waals surface area contributed by atoms with E-state index in [2.05, 4.69) is 22.8 Å². The fourth-order valence-corrected chi connectivity index (χ4v) is 2.94. The topological polar surface area (TPSA) is 41.1 Å². The van der Waals surface area contributed by atoms with Crippen molar-refractivity contribution in [2.75, 3.05) is 18.4 Å². The first-order chi connectivity index (χ1) is 8.67. The molecule has 1 heterocycles. The van der Waals surface area contributed by atoms with E-state index < -0.39 is 0 Å². The lowest BCUT2D eigenvalue weighted by molar-refractivity contribution is -0.123.